The summed E-state index contributed by atoms with van der Waals surface area (Å²) in [6.45, 7) is 1.56. The van der Waals surface area contributed by atoms with E-state index in [1.54, 1.807) is 17.2 Å². The predicted molar refractivity (Wildman–Crippen MR) is 83.9 cm³/mol. The van der Waals surface area contributed by atoms with Crippen molar-refractivity contribution in [1.29, 1.82) is 0 Å². The molecule has 1 amide bonds. The molecule has 2 aromatic rings. The second kappa shape index (κ2) is 7.58. The van der Waals surface area contributed by atoms with Crippen molar-refractivity contribution < 1.29 is 14.3 Å². The van der Waals surface area contributed by atoms with E-state index in [2.05, 4.69) is 9.97 Å². The highest BCUT2D eigenvalue weighted by molar-refractivity contribution is 5.67. The number of carbonyl (C=O) groups excluding carboxylic acids is 1. The Balaban J connectivity index is 1.42. The number of hydrogen-bond donors (Lipinski definition) is 0. The van der Waals surface area contributed by atoms with E-state index in [0.717, 1.165) is 18.4 Å². The van der Waals surface area contributed by atoms with Gasteiger partial charge in [0.25, 0.3) is 0 Å². The Hall–Kier alpha value is -2.63. The molecule has 0 bridgehead atoms. The van der Waals surface area contributed by atoms with Crippen molar-refractivity contribution in [3.05, 3.63) is 54.5 Å². The van der Waals surface area contributed by atoms with Gasteiger partial charge in [-0.05, 0) is 5.56 Å². The van der Waals surface area contributed by atoms with Crippen molar-refractivity contribution in [1.82, 2.24) is 14.9 Å². The maximum Gasteiger partial charge on any atom is 0.410 e. The lowest BCUT2D eigenvalue weighted by Gasteiger charge is -2.31. The molecule has 0 spiro atoms. The molecule has 1 aliphatic heterocycles. The fourth-order valence-electron chi connectivity index (χ4n) is 2.49. The zero-order valence-electron chi connectivity index (χ0n) is 12.8. The van der Waals surface area contributed by atoms with Gasteiger partial charge in [-0.15, -0.1) is 0 Å². The standard InChI is InChI=1S/C17H19N3O3/c21-17(22-12-14-4-2-1-3-5-14)20-10-7-15(8-11-20)23-16-6-9-18-13-19-16/h1-6,9,13,15H,7-8,10-12H2. The zero-order valence-corrected chi connectivity index (χ0v) is 12.8. The molecule has 0 atom stereocenters. The van der Waals surface area contributed by atoms with E-state index in [-0.39, 0.29) is 12.2 Å². The lowest BCUT2D eigenvalue weighted by molar-refractivity contribution is 0.0625. The number of carbonyl (C=O) groups is 1. The Morgan fingerprint density at radius 1 is 1.17 bits per heavy atom. The molecule has 0 aliphatic carbocycles. The number of ether oxygens (including phenoxy) is 2. The Morgan fingerprint density at radius 2 is 1.96 bits per heavy atom. The number of benzene rings is 1. The SMILES string of the molecule is O=C(OCc1ccccc1)N1CCC(Oc2ccncn2)CC1. The Kier molecular flexibility index (Phi) is 5.03. The summed E-state index contributed by atoms with van der Waals surface area (Å²) in [7, 11) is 0. The average molecular weight is 313 g/mol. The van der Waals surface area contributed by atoms with Gasteiger partial charge in [0.2, 0.25) is 5.88 Å². The first-order chi connectivity index (χ1) is 11.3. The van der Waals surface area contributed by atoms with Crippen LogP contribution in [0.3, 0.4) is 0 Å². The Morgan fingerprint density at radius 3 is 2.65 bits per heavy atom. The molecule has 1 fully saturated rings. The number of hydrogen-bond acceptors (Lipinski definition) is 5. The zero-order chi connectivity index (χ0) is 15.9. The quantitative estimate of drug-likeness (QED) is 0.868. The highest BCUT2D eigenvalue weighted by Crippen LogP contribution is 2.17. The smallest absolute Gasteiger partial charge is 0.410 e. The van der Waals surface area contributed by atoms with Crippen LogP contribution in [-0.4, -0.2) is 40.2 Å². The van der Waals surface area contributed by atoms with E-state index in [1.807, 2.05) is 30.3 Å². The summed E-state index contributed by atoms with van der Waals surface area (Å²) in [5.74, 6) is 0.574. The summed E-state index contributed by atoms with van der Waals surface area (Å²) < 4.78 is 11.1. The van der Waals surface area contributed by atoms with Crippen molar-refractivity contribution in [3.8, 4) is 5.88 Å². The van der Waals surface area contributed by atoms with Crippen molar-refractivity contribution in [2.24, 2.45) is 0 Å². The van der Waals surface area contributed by atoms with Crippen LogP contribution in [-0.2, 0) is 11.3 Å². The molecule has 0 radical (unpaired) electrons. The lowest BCUT2D eigenvalue weighted by Crippen LogP contribution is -2.42. The summed E-state index contributed by atoms with van der Waals surface area (Å²) in [6.07, 6.45) is 4.45. The van der Waals surface area contributed by atoms with Gasteiger partial charge < -0.3 is 14.4 Å². The molecule has 0 N–H and O–H groups in total. The second-order valence-corrected chi connectivity index (χ2v) is 5.39. The predicted octanol–water partition coefficient (Wildman–Crippen LogP) is 2.66. The Bertz CT molecular complexity index is 613. The minimum atomic E-state index is -0.269. The lowest BCUT2D eigenvalue weighted by atomic mass is 10.1. The van der Waals surface area contributed by atoms with Crippen molar-refractivity contribution in [2.45, 2.75) is 25.6 Å². The van der Waals surface area contributed by atoms with E-state index < -0.39 is 0 Å². The van der Waals surface area contributed by atoms with Crippen LogP contribution >= 0.6 is 0 Å². The van der Waals surface area contributed by atoms with Gasteiger partial charge in [0, 0.05) is 38.2 Å². The first-order valence-electron chi connectivity index (χ1n) is 7.69. The summed E-state index contributed by atoms with van der Waals surface area (Å²) >= 11 is 0. The van der Waals surface area contributed by atoms with Crippen LogP contribution in [0.5, 0.6) is 5.88 Å². The molecule has 3 rings (SSSR count). The van der Waals surface area contributed by atoms with Gasteiger partial charge in [-0.25, -0.2) is 14.8 Å². The molecular formula is C17H19N3O3. The van der Waals surface area contributed by atoms with Crippen molar-refractivity contribution in [3.63, 3.8) is 0 Å². The van der Waals surface area contributed by atoms with Crippen LogP contribution in [0, 0.1) is 0 Å². The van der Waals surface area contributed by atoms with Crippen LogP contribution in [0.1, 0.15) is 18.4 Å². The first-order valence-corrected chi connectivity index (χ1v) is 7.69. The molecule has 1 aromatic heterocycles. The molecule has 1 aliphatic rings. The summed E-state index contributed by atoms with van der Waals surface area (Å²) in [5, 5.41) is 0. The first kappa shape index (κ1) is 15.3. The van der Waals surface area contributed by atoms with E-state index in [4.69, 9.17) is 9.47 Å². The van der Waals surface area contributed by atoms with E-state index in [9.17, 15) is 4.79 Å². The third-order valence-corrected chi connectivity index (χ3v) is 3.75. The largest absolute Gasteiger partial charge is 0.474 e. The number of rotatable bonds is 4. The molecule has 0 unspecified atom stereocenters. The number of nitrogens with zero attached hydrogens (tertiary/aromatic N) is 3. The molecular weight excluding hydrogens is 294 g/mol. The number of likely N-dealkylation sites (tertiary alicyclic amines) is 1. The number of amides is 1. The minimum absolute atomic E-state index is 0.0723. The summed E-state index contributed by atoms with van der Waals surface area (Å²) in [4.78, 5) is 21.7. The highest BCUT2D eigenvalue weighted by atomic mass is 16.6. The average Bonchev–Trinajstić information content (AvgIpc) is 2.62. The highest BCUT2D eigenvalue weighted by Gasteiger charge is 2.25. The van der Waals surface area contributed by atoms with Gasteiger partial charge >= 0.3 is 6.09 Å². The maximum atomic E-state index is 12.1. The van der Waals surface area contributed by atoms with Crippen LogP contribution < -0.4 is 4.74 Å². The fourth-order valence-corrected chi connectivity index (χ4v) is 2.49. The summed E-state index contributed by atoms with van der Waals surface area (Å²) in [5.41, 5.74) is 0.989. The van der Waals surface area contributed by atoms with Gasteiger partial charge in [0.05, 0.1) is 0 Å². The molecule has 6 nitrogen and oxygen atoms in total. The van der Waals surface area contributed by atoms with E-state index in [0.29, 0.717) is 25.6 Å². The van der Waals surface area contributed by atoms with Crippen molar-refractivity contribution in [2.75, 3.05) is 13.1 Å². The van der Waals surface area contributed by atoms with Gasteiger partial charge in [0.15, 0.2) is 0 Å². The molecule has 23 heavy (non-hydrogen) atoms. The second-order valence-electron chi connectivity index (χ2n) is 5.39. The third kappa shape index (κ3) is 4.42. The maximum absolute atomic E-state index is 12.1. The minimum Gasteiger partial charge on any atom is -0.474 e. The van der Waals surface area contributed by atoms with E-state index in [1.165, 1.54) is 6.33 Å². The normalized spacial score (nSPS) is 15.2. The van der Waals surface area contributed by atoms with Crippen LogP contribution in [0.15, 0.2) is 48.9 Å². The topological polar surface area (TPSA) is 64.5 Å². The number of piperidine rings is 1. The Labute approximate surface area is 135 Å². The van der Waals surface area contributed by atoms with Gasteiger partial charge in [-0.1, -0.05) is 30.3 Å². The molecule has 6 heteroatoms. The fraction of sp³-hybridized carbons (Fsp3) is 0.353. The molecule has 120 valence electrons. The molecule has 1 aromatic carbocycles. The summed E-state index contributed by atoms with van der Waals surface area (Å²) in [6, 6.07) is 11.4. The molecule has 1 saturated heterocycles. The van der Waals surface area contributed by atoms with Gasteiger partial charge in [0.1, 0.15) is 19.0 Å². The van der Waals surface area contributed by atoms with Gasteiger partial charge in [-0.3, -0.25) is 0 Å². The van der Waals surface area contributed by atoms with Crippen LogP contribution in [0.25, 0.3) is 0 Å². The number of aromatic nitrogens is 2. The van der Waals surface area contributed by atoms with E-state index >= 15 is 0 Å². The molecule has 0 saturated carbocycles. The van der Waals surface area contributed by atoms with Crippen LogP contribution in [0.2, 0.25) is 0 Å². The van der Waals surface area contributed by atoms with Gasteiger partial charge in [-0.2, -0.15) is 0 Å². The van der Waals surface area contributed by atoms with Crippen molar-refractivity contribution >= 4 is 6.09 Å². The third-order valence-electron chi connectivity index (χ3n) is 3.75. The molecule has 2 heterocycles. The van der Waals surface area contributed by atoms with Crippen LogP contribution in [0.4, 0.5) is 4.79 Å². The monoisotopic (exact) mass is 313 g/mol.